The third-order valence-corrected chi connectivity index (χ3v) is 8.45. The van der Waals surface area contributed by atoms with E-state index in [1.807, 2.05) is 41.2 Å². The number of rotatable bonds is 4. The average molecular weight is 516 g/mol. The molecule has 1 saturated heterocycles. The van der Waals surface area contributed by atoms with Crippen LogP contribution in [0.4, 0.5) is 17.2 Å². The van der Waals surface area contributed by atoms with Crippen LogP contribution < -0.4 is 15.0 Å². The minimum Gasteiger partial charge on any atom is -0.489 e. The van der Waals surface area contributed by atoms with Crippen molar-refractivity contribution in [3.8, 4) is 17.0 Å². The number of aromatic nitrogens is 3. The summed E-state index contributed by atoms with van der Waals surface area (Å²) in [4.78, 5) is 16.0. The molecule has 0 spiro atoms. The Bertz CT molecular complexity index is 1680. The Morgan fingerprint density at radius 3 is 2.95 bits per heavy atom. The number of aliphatic imine (C=N–C) groups is 1. The number of piperazine rings is 1. The number of benzene rings is 2. The Balaban J connectivity index is 1.18. The highest BCUT2D eigenvalue weighted by atomic mass is 32.2. The zero-order valence-corrected chi connectivity index (χ0v) is 21.0. The summed E-state index contributed by atoms with van der Waals surface area (Å²) in [7, 11) is -3.22. The highest BCUT2D eigenvalue weighted by Crippen LogP contribution is 2.38. The van der Waals surface area contributed by atoms with Crippen molar-refractivity contribution in [3.05, 3.63) is 66.1 Å². The van der Waals surface area contributed by atoms with Crippen LogP contribution in [0, 0.1) is 0 Å². The predicted octanol–water partition coefficient (Wildman–Crippen LogP) is 2.92. The van der Waals surface area contributed by atoms with Crippen LogP contribution >= 0.6 is 0 Å². The molecule has 3 aliphatic heterocycles. The molecule has 0 bridgehead atoms. The van der Waals surface area contributed by atoms with Gasteiger partial charge in [0, 0.05) is 61.8 Å². The molecule has 0 saturated carbocycles. The molecule has 2 aromatic heterocycles. The second-order valence-corrected chi connectivity index (χ2v) is 11.6. The summed E-state index contributed by atoms with van der Waals surface area (Å²) < 4.78 is 33.6. The first-order chi connectivity index (χ1) is 17.9. The number of ether oxygens (including phenoxy) is 1. The van der Waals surface area contributed by atoms with E-state index in [1.54, 1.807) is 6.20 Å². The number of hydrogen-bond donors (Lipinski definition) is 1. The summed E-state index contributed by atoms with van der Waals surface area (Å²) in [6.07, 6.45) is 8.82. The maximum absolute atomic E-state index is 12.0. The lowest BCUT2D eigenvalue weighted by atomic mass is 10.0. The molecule has 37 heavy (non-hydrogen) atoms. The van der Waals surface area contributed by atoms with Gasteiger partial charge < -0.3 is 19.4 Å². The summed E-state index contributed by atoms with van der Waals surface area (Å²) in [5.41, 5.74) is 6.75. The molecule has 10 nitrogen and oxygen atoms in total. The van der Waals surface area contributed by atoms with Gasteiger partial charge in [0.2, 0.25) is 10.0 Å². The normalized spacial score (nSPS) is 18.8. The first kappa shape index (κ1) is 22.3. The van der Waals surface area contributed by atoms with E-state index in [9.17, 15) is 8.42 Å². The quantitative estimate of drug-likeness (QED) is 0.446. The van der Waals surface area contributed by atoms with E-state index < -0.39 is 10.0 Å². The minimum atomic E-state index is -3.22. The predicted molar refractivity (Wildman–Crippen MR) is 142 cm³/mol. The van der Waals surface area contributed by atoms with Crippen LogP contribution in [0.15, 0.2) is 60.0 Å². The Morgan fingerprint density at radius 1 is 1.14 bits per heavy atom. The van der Waals surface area contributed by atoms with E-state index in [0.717, 1.165) is 39.6 Å². The lowest BCUT2D eigenvalue weighted by Crippen LogP contribution is -2.58. The van der Waals surface area contributed by atoms with Gasteiger partial charge in [-0.25, -0.2) is 18.4 Å². The topological polar surface area (TPSA) is 104 Å². The van der Waals surface area contributed by atoms with Gasteiger partial charge in [0.05, 0.1) is 30.2 Å². The lowest BCUT2D eigenvalue weighted by molar-refractivity contribution is 0.216. The molecular weight excluding hydrogens is 490 g/mol. The van der Waals surface area contributed by atoms with E-state index in [0.29, 0.717) is 38.6 Å². The average Bonchev–Trinajstić information content (AvgIpc) is 3.56. The highest BCUT2D eigenvalue weighted by Gasteiger charge is 2.35. The van der Waals surface area contributed by atoms with Crippen molar-refractivity contribution >= 4 is 39.1 Å². The van der Waals surface area contributed by atoms with Gasteiger partial charge >= 0.3 is 0 Å². The summed E-state index contributed by atoms with van der Waals surface area (Å²) in [5.74, 6) is 1.41. The molecule has 1 fully saturated rings. The number of imidazole rings is 1. The SMILES string of the molecule is CS(=O)(=O)N1CCN2c3ccc(Nc4nc(-c5ccc6c(c5)CN=C6)cn5ccnc45)cc3OCC2C1. The second kappa shape index (κ2) is 8.29. The van der Waals surface area contributed by atoms with Crippen molar-refractivity contribution < 1.29 is 13.2 Å². The molecule has 7 rings (SSSR count). The van der Waals surface area contributed by atoms with Gasteiger partial charge in [0.25, 0.3) is 0 Å². The molecule has 4 aromatic rings. The fourth-order valence-corrected chi connectivity index (χ4v) is 6.14. The third kappa shape index (κ3) is 3.91. The molecule has 1 atom stereocenters. The number of hydrogen-bond acceptors (Lipinski definition) is 8. The molecular formula is C26H25N7O3S. The number of nitrogens with zero attached hydrogens (tertiary/aromatic N) is 6. The van der Waals surface area contributed by atoms with Crippen LogP contribution in [0.1, 0.15) is 11.1 Å². The molecule has 5 heterocycles. The summed E-state index contributed by atoms with van der Waals surface area (Å²) in [6, 6.07) is 12.3. The van der Waals surface area contributed by atoms with Crippen molar-refractivity contribution in [1.82, 2.24) is 18.7 Å². The Hall–Kier alpha value is -3.96. The van der Waals surface area contributed by atoms with Crippen molar-refractivity contribution in [1.29, 1.82) is 0 Å². The largest absolute Gasteiger partial charge is 0.489 e. The number of fused-ring (bicyclic) bond motifs is 5. The van der Waals surface area contributed by atoms with Crippen LogP contribution in [-0.2, 0) is 16.6 Å². The van der Waals surface area contributed by atoms with E-state index in [2.05, 4.69) is 38.4 Å². The van der Waals surface area contributed by atoms with Gasteiger partial charge in [-0.05, 0) is 29.3 Å². The van der Waals surface area contributed by atoms with E-state index in [1.165, 1.54) is 16.1 Å². The zero-order chi connectivity index (χ0) is 25.1. The summed E-state index contributed by atoms with van der Waals surface area (Å²) >= 11 is 0. The van der Waals surface area contributed by atoms with Gasteiger partial charge in [0.1, 0.15) is 12.4 Å². The first-order valence-electron chi connectivity index (χ1n) is 12.1. The third-order valence-electron chi connectivity index (χ3n) is 7.18. The van der Waals surface area contributed by atoms with Gasteiger partial charge in [-0.1, -0.05) is 12.1 Å². The van der Waals surface area contributed by atoms with Crippen LogP contribution in [0.5, 0.6) is 5.75 Å². The number of nitrogens with one attached hydrogen (secondary N) is 1. The van der Waals surface area contributed by atoms with Crippen LogP contribution in [0.3, 0.4) is 0 Å². The molecule has 1 N–H and O–H groups in total. The fraction of sp³-hybridized carbons (Fsp3) is 0.269. The maximum Gasteiger partial charge on any atom is 0.211 e. The standard InChI is InChI=1S/C26H25N7O3S/c1-37(34,35)32-8-9-33-21(14-32)16-36-24-11-20(4-5-23(24)33)29-25-26-28-6-7-31(26)15-22(30-25)17-2-3-18-12-27-13-19(18)10-17/h2-7,10-12,15,21H,8-9,13-14,16H2,1H3,(H,29,30). The summed E-state index contributed by atoms with van der Waals surface area (Å²) in [6.45, 7) is 2.66. The molecule has 1 unspecified atom stereocenters. The minimum absolute atomic E-state index is 0.00426. The van der Waals surface area contributed by atoms with Crippen LogP contribution in [-0.4, -0.2) is 71.8 Å². The molecule has 0 aliphatic carbocycles. The van der Waals surface area contributed by atoms with Gasteiger partial charge in [-0.15, -0.1) is 0 Å². The first-order valence-corrected chi connectivity index (χ1v) is 14.0. The molecule has 11 heteroatoms. The molecule has 188 valence electrons. The summed E-state index contributed by atoms with van der Waals surface area (Å²) in [5, 5.41) is 3.44. The van der Waals surface area contributed by atoms with E-state index >= 15 is 0 Å². The Labute approximate surface area is 214 Å². The van der Waals surface area contributed by atoms with Crippen molar-refractivity contribution in [3.63, 3.8) is 0 Å². The molecule has 2 aromatic carbocycles. The van der Waals surface area contributed by atoms with E-state index in [-0.39, 0.29) is 6.04 Å². The van der Waals surface area contributed by atoms with Crippen LogP contribution in [0.2, 0.25) is 0 Å². The second-order valence-electron chi connectivity index (χ2n) is 9.60. The monoisotopic (exact) mass is 515 g/mol. The number of anilines is 3. The molecule has 0 radical (unpaired) electrons. The lowest BCUT2D eigenvalue weighted by Gasteiger charge is -2.44. The molecule has 3 aliphatic rings. The number of sulfonamides is 1. The maximum atomic E-state index is 12.0. The van der Waals surface area contributed by atoms with Crippen molar-refractivity contribution in [2.24, 2.45) is 4.99 Å². The highest BCUT2D eigenvalue weighted by molar-refractivity contribution is 7.88. The fourth-order valence-electron chi connectivity index (χ4n) is 5.28. The molecule has 0 amide bonds. The van der Waals surface area contributed by atoms with Gasteiger partial charge in [-0.3, -0.25) is 4.99 Å². The van der Waals surface area contributed by atoms with Crippen molar-refractivity contribution in [2.45, 2.75) is 12.6 Å². The van der Waals surface area contributed by atoms with E-state index in [4.69, 9.17) is 9.72 Å². The Kier molecular flexibility index (Phi) is 4.98. The Morgan fingerprint density at radius 2 is 2.05 bits per heavy atom. The van der Waals surface area contributed by atoms with Crippen LogP contribution in [0.25, 0.3) is 16.9 Å². The van der Waals surface area contributed by atoms with Gasteiger partial charge in [0.15, 0.2) is 11.5 Å². The zero-order valence-electron chi connectivity index (χ0n) is 20.2. The van der Waals surface area contributed by atoms with Crippen molar-refractivity contribution in [2.75, 3.05) is 42.7 Å². The van der Waals surface area contributed by atoms with Gasteiger partial charge in [-0.2, -0.15) is 4.31 Å². The smallest absolute Gasteiger partial charge is 0.211 e.